The van der Waals surface area contributed by atoms with Crippen LogP contribution in [0.1, 0.15) is 12.5 Å². The second-order valence-corrected chi connectivity index (χ2v) is 3.08. The Labute approximate surface area is 66.6 Å². The SMILES string of the molecule is CCc1cccc(SC)c1. The molecule has 0 aliphatic rings. The summed E-state index contributed by atoms with van der Waals surface area (Å²) in [6.07, 6.45) is 3.24. The van der Waals surface area contributed by atoms with Crippen LogP contribution in [-0.4, -0.2) is 6.26 Å². The van der Waals surface area contributed by atoms with E-state index in [-0.39, 0.29) is 0 Å². The largest absolute Gasteiger partial charge is 0.130 e. The first kappa shape index (κ1) is 7.67. The lowest BCUT2D eigenvalue weighted by atomic mass is 10.2. The van der Waals surface area contributed by atoms with Gasteiger partial charge in [0.25, 0.3) is 0 Å². The average molecular weight is 152 g/mol. The van der Waals surface area contributed by atoms with Crippen LogP contribution in [0.4, 0.5) is 0 Å². The van der Waals surface area contributed by atoms with E-state index >= 15 is 0 Å². The van der Waals surface area contributed by atoms with Crippen molar-refractivity contribution >= 4 is 11.8 Å². The third-order valence-corrected chi connectivity index (χ3v) is 2.27. The van der Waals surface area contributed by atoms with Crippen molar-refractivity contribution in [2.45, 2.75) is 18.2 Å². The lowest BCUT2D eigenvalue weighted by molar-refractivity contribution is 1.12. The van der Waals surface area contributed by atoms with Gasteiger partial charge in [-0.2, -0.15) is 0 Å². The lowest BCUT2D eigenvalue weighted by Crippen LogP contribution is -1.78. The molecule has 0 saturated heterocycles. The van der Waals surface area contributed by atoms with Gasteiger partial charge in [0.05, 0.1) is 0 Å². The Kier molecular flexibility index (Phi) is 2.82. The van der Waals surface area contributed by atoms with E-state index in [9.17, 15) is 0 Å². The minimum atomic E-state index is 1.13. The number of benzene rings is 1. The van der Waals surface area contributed by atoms with E-state index in [1.165, 1.54) is 10.5 Å². The van der Waals surface area contributed by atoms with Crippen LogP contribution in [-0.2, 0) is 6.42 Å². The molecule has 0 fully saturated rings. The van der Waals surface area contributed by atoms with Gasteiger partial charge in [0.15, 0.2) is 0 Å². The molecule has 0 bridgehead atoms. The van der Waals surface area contributed by atoms with Crippen molar-refractivity contribution in [1.82, 2.24) is 0 Å². The molecule has 0 N–H and O–H groups in total. The first-order valence-electron chi connectivity index (χ1n) is 3.49. The van der Waals surface area contributed by atoms with Crippen molar-refractivity contribution in [2.24, 2.45) is 0 Å². The van der Waals surface area contributed by atoms with Gasteiger partial charge in [-0.05, 0) is 30.4 Å². The molecule has 0 aromatic heterocycles. The summed E-state index contributed by atoms with van der Waals surface area (Å²) >= 11 is 1.80. The smallest absolute Gasteiger partial charge is 0.00718 e. The first-order valence-corrected chi connectivity index (χ1v) is 4.72. The van der Waals surface area contributed by atoms with Crippen LogP contribution in [0.3, 0.4) is 0 Å². The van der Waals surface area contributed by atoms with Gasteiger partial charge in [-0.25, -0.2) is 0 Å². The highest BCUT2D eigenvalue weighted by Crippen LogP contribution is 2.15. The van der Waals surface area contributed by atoms with Gasteiger partial charge in [-0.15, -0.1) is 11.8 Å². The maximum Gasteiger partial charge on any atom is 0.00718 e. The van der Waals surface area contributed by atoms with Crippen LogP contribution in [0.25, 0.3) is 0 Å². The minimum absolute atomic E-state index is 1.13. The Bertz CT molecular complexity index is 186. The second kappa shape index (κ2) is 3.67. The summed E-state index contributed by atoms with van der Waals surface area (Å²) in [7, 11) is 0. The van der Waals surface area contributed by atoms with Crippen molar-refractivity contribution < 1.29 is 0 Å². The van der Waals surface area contributed by atoms with E-state index in [0.29, 0.717) is 0 Å². The fourth-order valence-corrected chi connectivity index (χ4v) is 1.38. The summed E-state index contributed by atoms with van der Waals surface area (Å²) in [4.78, 5) is 1.36. The Balaban J connectivity index is 2.87. The topological polar surface area (TPSA) is 0 Å². The second-order valence-electron chi connectivity index (χ2n) is 2.21. The zero-order valence-electron chi connectivity index (χ0n) is 6.42. The van der Waals surface area contributed by atoms with Crippen molar-refractivity contribution in [3.8, 4) is 0 Å². The summed E-state index contributed by atoms with van der Waals surface area (Å²) in [5.74, 6) is 0. The molecule has 0 spiro atoms. The molecule has 0 unspecified atom stereocenters. The van der Waals surface area contributed by atoms with Crippen LogP contribution in [0.2, 0.25) is 0 Å². The van der Waals surface area contributed by atoms with E-state index in [0.717, 1.165) is 6.42 Å². The average Bonchev–Trinajstić information content (AvgIpc) is 2.05. The molecule has 54 valence electrons. The number of hydrogen-bond acceptors (Lipinski definition) is 1. The molecule has 0 radical (unpaired) electrons. The third kappa shape index (κ3) is 1.77. The van der Waals surface area contributed by atoms with E-state index in [1.54, 1.807) is 11.8 Å². The monoisotopic (exact) mass is 152 g/mol. The Hall–Kier alpha value is -0.430. The zero-order chi connectivity index (χ0) is 7.40. The summed E-state index contributed by atoms with van der Waals surface area (Å²) in [6, 6.07) is 8.67. The Morgan fingerprint density at radius 1 is 1.40 bits per heavy atom. The van der Waals surface area contributed by atoms with Crippen LogP contribution in [0, 0.1) is 0 Å². The third-order valence-electron chi connectivity index (χ3n) is 1.54. The molecule has 0 aliphatic heterocycles. The molecule has 0 saturated carbocycles. The van der Waals surface area contributed by atoms with Crippen LogP contribution >= 0.6 is 11.8 Å². The van der Waals surface area contributed by atoms with Crippen molar-refractivity contribution in [1.29, 1.82) is 0 Å². The molecule has 1 aromatic rings. The van der Waals surface area contributed by atoms with E-state index in [1.807, 2.05) is 0 Å². The van der Waals surface area contributed by atoms with E-state index < -0.39 is 0 Å². The highest BCUT2D eigenvalue weighted by atomic mass is 32.2. The molecule has 0 nitrogen and oxygen atoms in total. The van der Waals surface area contributed by atoms with Gasteiger partial charge < -0.3 is 0 Å². The van der Waals surface area contributed by atoms with E-state index in [4.69, 9.17) is 0 Å². The predicted octanol–water partition coefficient (Wildman–Crippen LogP) is 2.97. The van der Waals surface area contributed by atoms with Crippen molar-refractivity contribution in [3.63, 3.8) is 0 Å². The predicted molar refractivity (Wildman–Crippen MR) is 47.6 cm³/mol. The summed E-state index contributed by atoms with van der Waals surface area (Å²) in [5.41, 5.74) is 1.42. The van der Waals surface area contributed by atoms with Gasteiger partial charge in [-0.1, -0.05) is 19.1 Å². The molecule has 0 aliphatic carbocycles. The van der Waals surface area contributed by atoms with Gasteiger partial charge in [0.2, 0.25) is 0 Å². The van der Waals surface area contributed by atoms with Gasteiger partial charge in [0, 0.05) is 4.90 Å². The molecule has 1 aromatic carbocycles. The number of thioether (sulfide) groups is 1. The van der Waals surface area contributed by atoms with Gasteiger partial charge >= 0.3 is 0 Å². The summed E-state index contributed by atoms with van der Waals surface area (Å²) in [5, 5.41) is 0. The molecule has 0 heterocycles. The Morgan fingerprint density at radius 3 is 2.80 bits per heavy atom. The molecule has 0 amide bonds. The minimum Gasteiger partial charge on any atom is -0.130 e. The highest BCUT2D eigenvalue weighted by Gasteiger charge is 1.89. The fourth-order valence-electron chi connectivity index (χ4n) is 0.892. The molecule has 1 rings (SSSR count). The zero-order valence-corrected chi connectivity index (χ0v) is 7.24. The quantitative estimate of drug-likeness (QED) is 0.587. The summed E-state index contributed by atoms with van der Waals surface area (Å²) < 4.78 is 0. The molecule has 1 heteroatoms. The van der Waals surface area contributed by atoms with Crippen LogP contribution in [0.15, 0.2) is 29.2 Å². The maximum absolute atomic E-state index is 2.24. The molecular formula is C9H12S. The number of hydrogen-bond donors (Lipinski definition) is 0. The van der Waals surface area contributed by atoms with Gasteiger partial charge in [0.1, 0.15) is 0 Å². The Morgan fingerprint density at radius 2 is 2.20 bits per heavy atom. The van der Waals surface area contributed by atoms with Crippen molar-refractivity contribution in [3.05, 3.63) is 29.8 Å². The fraction of sp³-hybridized carbons (Fsp3) is 0.333. The number of rotatable bonds is 2. The standard InChI is InChI=1S/C9H12S/c1-3-8-5-4-6-9(7-8)10-2/h4-7H,3H2,1-2H3. The van der Waals surface area contributed by atoms with Gasteiger partial charge in [-0.3, -0.25) is 0 Å². The normalized spacial score (nSPS) is 9.80. The molecular weight excluding hydrogens is 140 g/mol. The summed E-state index contributed by atoms with van der Waals surface area (Å²) in [6.45, 7) is 2.18. The molecule has 10 heavy (non-hydrogen) atoms. The van der Waals surface area contributed by atoms with Crippen molar-refractivity contribution in [2.75, 3.05) is 6.26 Å². The van der Waals surface area contributed by atoms with Crippen LogP contribution < -0.4 is 0 Å². The highest BCUT2D eigenvalue weighted by molar-refractivity contribution is 7.98. The molecule has 0 atom stereocenters. The first-order chi connectivity index (χ1) is 4.86. The lowest BCUT2D eigenvalue weighted by Gasteiger charge is -1.98. The number of aryl methyl sites for hydroxylation is 1. The van der Waals surface area contributed by atoms with Crippen LogP contribution in [0.5, 0.6) is 0 Å². The van der Waals surface area contributed by atoms with E-state index in [2.05, 4.69) is 37.4 Å². The maximum atomic E-state index is 2.24.